The van der Waals surface area contributed by atoms with Gasteiger partial charge in [-0.25, -0.2) is 4.79 Å². The van der Waals surface area contributed by atoms with Crippen molar-refractivity contribution in [3.8, 4) is 5.75 Å². The third kappa shape index (κ3) is 17.3. The van der Waals surface area contributed by atoms with Gasteiger partial charge < -0.3 is 71.1 Å². The van der Waals surface area contributed by atoms with Crippen LogP contribution >= 0.6 is 0 Å². The molecule has 0 spiro atoms. The van der Waals surface area contributed by atoms with Crippen LogP contribution in [-0.4, -0.2) is 167 Å². The van der Waals surface area contributed by atoms with Gasteiger partial charge in [-0.2, -0.15) is 0 Å². The van der Waals surface area contributed by atoms with Crippen molar-refractivity contribution in [2.24, 2.45) is 17.8 Å². The molecule has 430 valence electrons. The summed E-state index contributed by atoms with van der Waals surface area (Å²) in [5.41, 5.74) is -0.920. The van der Waals surface area contributed by atoms with Crippen LogP contribution in [0.2, 0.25) is 0 Å². The van der Waals surface area contributed by atoms with E-state index in [0.29, 0.717) is 12.0 Å². The number of nitrogens with zero attached hydrogens (tertiary/aromatic N) is 1. The first kappa shape index (κ1) is 63.6. The molecule has 13 atom stereocenters. The summed E-state index contributed by atoms with van der Waals surface area (Å²) in [6.07, 6.45) is -1.82. The fraction of sp³-hybridized carbons (Fsp3) is 0.582. The van der Waals surface area contributed by atoms with Crippen LogP contribution in [0.3, 0.4) is 0 Å². The second-order valence-corrected chi connectivity index (χ2v) is 20.3. The zero-order valence-electron chi connectivity index (χ0n) is 46.1. The molecule has 1 unspecified atom stereocenters. The third-order valence-electron chi connectivity index (χ3n) is 14.0. The van der Waals surface area contributed by atoms with Crippen molar-refractivity contribution in [1.29, 1.82) is 0 Å². The summed E-state index contributed by atoms with van der Waals surface area (Å²) in [5, 5.41) is 48.0. The Labute approximate surface area is 455 Å². The van der Waals surface area contributed by atoms with Gasteiger partial charge in [0, 0.05) is 26.2 Å². The molecule has 9 N–H and O–H groups in total. The van der Waals surface area contributed by atoms with Crippen LogP contribution < -0.4 is 36.6 Å². The number of amides is 7. The first-order chi connectivity index (χ1) is 36.9. The molecule has 0 saturated carbocycles. The van der Waals surface area contributed by atoms with Gasteiger partial charge >= 0.3 is 11.9 Å². The van der Waals surface area contributed by atoms with E-state index in [1.54, 1.807) is 65.0 Å². The molecule has 0 aliphatic carbocycles. The van der Waals surface area contributed by atoms with Crippen LogP contribution in [-0.2, 0) is 63.8 Å². The first-order valence-electron chi connectivity index (χ1n) is 26.4. The van der Waals surface area contributed by atoms with E-state index in [9.17, 15) is 53.7 Å². The fourth-order valence-corrected chi connectivity index (χ4v) is 8.54. The van der Waals surface area contributed by atoms with Crippen molar-refractivity contribution >= 4 is 53.3 Å². The lowest BCUT2D eigenvalue weighted by Crippen LogP contribution is -2.61. The van der Waals surface area contributed by atoms with Gasteiger partial charge in [-0.15, -0.1) is 0 Å². The molecule has 23 nitrogen and oxygen atoms in total. The van der Waals surface area contributed by atoms with Crippen molar-refractivity contribution < 1.29 is 77.4 Å². The predicted molar refractivity (Wildman–Crippen MR) is 282 cm³/mol. The van der Waals surface area contributed by atoms with E-state index >= 15 is 4.79 Å². The Kier molecular flexibility index (Phi) is 24.2. The highest BCUT2D eigenvalue weighted by atomic mass is 16.6. The summed E-state index contributed by atoms with van der Waals surface area (Å²) >= 11 is 0. The minimum atomic E-state index is -1.97. The van der Waals surface area contributed by atoms with Gasteiger partial charge in [0.25, 0.3) is 0 Å². The predicted octanol–water partition coefficient (Wildman–Crippen LogP) is 0.422. The third-order valence-corrected chi connectivity index (χ3v) is 14.0. The van der Waals surface area contributed by atoms with E-state index in [4.69, 9.17) is 18.9 Å². The van der Waals surface area contributed by atoms with Gasteiger partial charge in [-0.3, -0.25) is 38.4 Å². The Hall–Kier alpha value is -6.95. The van der Waals surface area contributed by atoms with Crippen molar-refractivity contribution in [3.63, 3.8) is 0 Å². The quantitative estimate of drug-likeness (QED) is 0.0915. The highest BCUT2D eigenvalue weighted by Gasteiger charge is 2.42. The summed E-state index contributed by atoms with van der Waals surface area (Å²) in [6, 6.07) is 4.24. The molecule has 3 heterocycles. The van der Waals surface area contributed by atoms with Crippen LogP contribution in [0, 0.1) is 17.8 Å². The van der Waals surface area contributed by atoms with Gasteiger partial charge in [-0.1, -0.05) is 96.8 Å². The number of aliphatic hydroxyl groups is 3. The Morgan fingerprint density at radius 2 is 1.47 bits per heavy atom. The summed E-state index contributed by atoms with van der Waals surface area (Å²) < 4.78 is 23.6. The molecule has 78 heavy (non-hydrogen) atoms. The number of cyclic esters (lactones) is 1. The van der Waals surface area contributed by atoms with Gasteiger partial charge in [-0.05, 0) is 68.4 Å². The zero-order valence-corrected chi connectivity index (χ0v) is 46.1. The molecule has 1 saturated heterocycles. The number of hydrogen-bond donors (Lipinski definition) is 9. The van der Waals surface area contributed by atoms with Gasteiger partial charge in [0.2, 0.25) is 41.4 Å². The molecule has 5 rings (SSSR count). The molecule has 0 radical (unpaired) electrons. The minimum Gasteiger partial charge on any atom is -0.487 e. The maximum Gasteiger partial charge on any atom is 0.332 e. The second kappa shape index (κ2) is 29.7. The lowest BCUT2D eigenvalue weighted by molar-refractivity contribution is -0.160. The summed E-state index contributed by atoms with van der Waals surface area (Å²) in [4.78, 5) is 130. The molecule has 3 aliphatic heterocycles. The lowest BCUT2D eigenvalue weighted by atomic mass is 9.93. The fourth-order valence-electron chi connectivity index (χ4n) is 8.54. The number of aliphatic hydroxyl groups excluding tert-OH is 3. The van der Waals surface area contributed by atoms with Gasteiger partial charge in [0.15, 0.2) is 6.04 Å². The Balaban J connectivity index is 2.04. The molecule has 7 amide bonds. The molecule has 3 aliphatic rings. The summed E-state index contributed by atoms with van der Waals surface area (Å²) in [6.45, 7) is 11.8. The van der Waals surface area contributed by atoms with E-state index in [-0.39, 0.29) is 30.8 Å². The van der Waals surface area contributed by atoms with E-state index in [1.807, 2.05) is 6.92 Å². The maximum atomic E-state index is 15.3. The van der Waals surface area contributed by atoms with Gasteiger partial charge in [0.1, 0.15) is 66.9 Å². The topological polar surface area (TPSA) is 327 Å². The molecule has 2 aromatic rings. The number of benzene rings is 2. The Bertz CT molecular complexity index is 2420. The average molecular weight is 1090 g/mol. The molecular weight excluding hydrogens is 1010 g/mol. The number of carbonyl (C=O) groups excluding carboxylic acids is 9. The monoisotopic (exact) mass is 1090 g/mol. The molecule has 23 heteroatoms. The number of fused-ring (bicyclic) bond motifs is 11. The molecule has 2 aromatic carbocycles. The average Bonchev–Trinajstić information content (AvgIpc) is 3.44. The van der Waals surface area contributed by atoms with E-state index < -0.39 is 157 Å². The van der Waals surface area contributed by atoms with Crippen molar-refractivity contribution in [2.45, 2.75) is 154 Å². The highest BCUT2D eigenvalue weighted by molar-refractivity contribution is 5.98. The molecule has 0 aromatic heterocycles. The standard InChI is InChI=1S/C55H79N7O16/c1-11-13-25-76-55(29-63)24-23-41(65)56-27-42(66)75-28-39-54(74)77-34(8)45(60-48(68)32(6)47(67)30(3)4)52(72)58-43(31(5)12-2)50(70)61-46(37-19-21-38(22-20-37)78-35(55)9)53(73)62(10)40(26-36-17-15-14-16-18-36)49(69)59-44(33(7)64)51(71)57-39/h14-24,30-35,39-40,43-47,63-64,67H,11-13,25-29H2,1-10H3,(H,56,65)(H,57,71)(H,58,72)(H,59,69)(H,60,68)(H,61,70)/b24-23+/t31-,32+,33+,34+,35+,39-,40-,43+,44+,45-,46?,47+,55-/m0/s1. The molecule has 1 fully saturated rings. The number of esters is 2. The number of hydrogen-bond acceptors (Lipinski definition) is 16. The number of rotatable bonds is 14. The normalized spacial score (nSPS) is 27.6. The van der Waals surface area contributed by atoms with Crippen LogP contribution in [0.5, 0.6) is 5.75 Å². The number of carbonyl (C=O) groups is 9. The van der Waals surface area contributed by atoms with Crippen molar-refractivity contribution in [3.05, 3.63) is 77.9 Å². The highest BCUT2D eigenvalue weighted by Crippen LogP contribution is 2.28. The minimum absolute atomic E-state index is 0.147. The van der Waals surface area contributed by atoms with Crippen LogP contribution in [0.25, 0.3) is 0 Å². The molecule has 4 bridgehead atoms. The molecular formula is C55H79N7O16. The smallest absolute Gasteiger partial charge is 0.332 e. The zero-order chi connectivity index (χ0) is 58.0. The number of unbranched alkanes of at least 4 members (excludes halogenated alkanes) is 1. The number of nitrogens with one attached hydrogen (secondary N) is 6. The lowest BCUT2D eigenvalue weighted by Gasteiger charge is -2.35. The van der Waals surface area contributed by atoms with Crippen LogP contribution in [0.1, 0.15) is 98.7 Å². The van der Waals surface area contributed by atoms with E-state index in [1.165, 1.54) is 58.2 Å². The number of likely N-dealkylation sites (N-methyl/N-ethyl adjacent to an activating group) is 1. The van der Waals surface area contributed by atoms with E-state index in [0.717, 1.165) is 17.4 Å². The van der Waals surface area contributed by atoms with E-state index in [2.05, 4.69) is 31.9 Å². The first-order valence-corrected chi connectivity index (χ1v) is 26.4. The Morgan fingerprint density at radius 1 is 0.833 bits per heavy atom. The van der Waals surface area contributed by atoms with Crippen LogP contribution in [0.4, 0.5) is 0 Å². The SMILES string of the molecule is CCCCO[C@]1(CO)/C=C/C(=O)NCC(=O)OC[C@@H]2NC(=O)[C@@H]([C@@H](C)O)NC(=O)[C@H](Cc3ccccc3)N(C)C(=O)C(NC(=O)[C@@H]([C@@H](C)CC)NC(=O)[C@@H](NC(=O)[C@H](C)[C@H](O)C(C)C)[C@@H](C)OC2=O)c2ccc(cc2)O[C@@H]1C. The maximum absolute atomic E-state index is 15.3. The second-order valence-electron chi connectivity index (χ2n) is 20.3. The number of ether oxygens (including phenoxy) is 4. The van der Waals surface area contributed by atoms with Crippen LogP contribution in [0.15, 0.2) is 66.7 Å². The summed E-state index contributed by atoms with van der Waals surface area (Å²) in [7, 11) is 1.31. The largest absolute Gasteiger partial charge is 0.487 e. The van der Waals surface area contributed by atoms with Crippen molar-refractivity contribution in [1.82, 2.24) is 36.8 Å². The van der Waals surface area contributed by atoms with Crippen molar-refractivity contribution in [2.75, 3.05) is 33.4 Å². The summed E-state index contributed by atoms with van der Waals surface area (Å²) in [5.74, 6) is -11.2. The van der Waals surface area contributed by atoms with Gasteiger partial charge in [0.05, 0.1) is 24.7 Å². The Morgan fingerprint density at radius 3 is 2.08 bits per heavy atom.